The van der Waals surface area contributed by atoms with Gasteiger partial charge in [0.2, 0.25) is 0 Å². The molecule has 0 bridgehead atoms. The molecule has 0 atom stereocenters. The van der Waals surface area contributed by atoms with E-state index in [-0.39, 0.29) is 11.1 Å². The van der Waals surface area contributed by atoms with E-state index in [1.807, 2.05) is 6.07 Å². The first-order valence-corrected chi connectivity index (χ1v) is 12.4. The highest BCUT2D eigenvalue weighted by Gasteiger charge is 2.30. The predicted octanol–water partition coefficient (Wildman–Crippen LogP) is 5.01. The van der Waals surface area contributed by atoms with Crippen molar-refractivity contribution in [2.45, 2.75) is 38.1 Å². The number of carbonyl (C=O) groups excluding carboxylic acids is 1. The monoisotopic (exact) mass is 471 g/mol. The van der Waals surface area contributed by atoms with E-state index in [4.69, 9.17) is 10.00 Å². The summed E-state index contributed by atoms with van der Waals surface area (Å²) in [6.45, 7) is 2.95. The Morgan fingerprint density at radius 1 is 1.18 bits per heavy atom. The Kier molecular flexibility index (Phi) is 7.51. The molecule has 4 rings (SSSR count). The Morgan fingerprint density at radius 3 is 2.61 bits per heavy atom. The molecule has 2 fully saturated rings. The second-order valence-corrected chi connectivity index (χ2v) is 9.35. The molecule has 0 aromatic heterocycles. The van der Waals surface area contributed by atoms with Crippen LogP contribution in [0.3, 0.4) is 0 Å². The van der Waals surface area contributed by atoms with Crippen molar-refractivity contribution in [2.24, 2.45) is 5.92 Å². The molecule has 0 spiro atoms. The molecule has 5 nitrogen and oxygen atoms in total. The van der Waals surface area contributed by atoms with E-state index in [9.17, 15) is 13.6 Å². The molecule has 2 aliphatic rings. The second-order valence-electron chi connectivity index (χ2n) is 8.74. The highest BCUT2D eigenvalue weighted by Crippen LogP contribution is 2.45. The number of benzene rings is 2. The Labute approximate surface area is 197 Å². The number of halogens is 2. The van der Waals surface area contributed by atoms with Crippen molar-refractivity contribution < 1.29 is 18.3 Å². The maximum Gasteiger partial charge on any atom is 0.264 e. The first-order chi connectivity index (χ1) is 16.0. The van der Waals surface area contributed by atoms with Crippen molar-refractivity contribution in [3.8, 4) is 11.8 Å². The molecule has 33 heavy (non-hydrogen) atoms. The first kappa shape index (κ1) is 23.5. The number of likely N-dealkylation sites (tertiary alicyclic amines) is 1. The van der Waals surface area contributed by atoms with Crippen molar-refractivity contribution in [1.82, 2.24) is 9.62 Å². The van der Waals surface area contributed by atoms with Gasteiger partial charge in [0.25, 0.3) is 5.91 Å². The Morgan fingerprint density at radius 2 is 1.94 bits per heavy atom. The summed E-state index contributed by atoms with van der Waals surface area (Å²) >= 11 is 1.15. The van der Waals surface area contributed by atoms with Gasteiger partial charge in [0.15, 0.2) is 0 Å². The largest absolute Gasteiger partial charge is 0.493 e. The highest BCUT2D eigenvalue weighted by molar-refractivity contribution is 7.97. The second kappa shape index (κ2) is 10.5. The Bertz CT molecular complexity index is 1060. The lowest BCUT2D eigenvalue weighted by Gasteiger charge is -2.32. The third-order valence-electron chi connectivity index (χ3n) is 6.30. The smallest absolute Gasteiger partial charge is 0.264 e. The van der Waals surface area contributed by atoms with E-state index < -0.39 is 17.5 Å². The number of hydrogen-bond donors (Lipinski definition) is 1. The van der Waals surface area contributed by atoms with E-state index in [1.165, 1.54) is 12.1 Å². The predicted molar refractivity (Wildman–Crippen MR) is 124 cm³/mol. The minimum atomic E-state index is -0.563. The summed E-state index contributed by atoms with van der Waals surface area (Å²) in [6, 6.07) is 9.58. The Balaban J connectivity index is 1.33. The van der Waals surface area contributed by atoms with Crippen LogP contribution in [0.2, 0.25) is 0 Å². The van der Waals surface area contributed by atoms with Gasteiger partial charge in [-0.15, -0.1) is 0 Å². The fraction of sp³-hybridized carbons (Fsp3) is 0.440. The SMILES string of the molecule is CSNC(=O)c1cc(C2CC2)c(OCC2CCN(Cc3ccc(F)c(C#N)c3)CC2)cc1F. The molecule has 1 saturated carbocycles. The number of amides is 1. The molecule has 0 unspecified atom stereocenters. The summed E-state index contributed by atoms with van der Waals surface area (Å²) < 4.78 is 36.8. The molecular weight excluding hydrogens is 444 g/mol. The molecular formula is C25H27F2N3O2S. The van der Waals surface area contributed by atoms with Crippen LogP contribution in [0.5, 0.6) is 5.75 Å². The van der Waals surface area contributed by atoms with Gasteiger partial charge in [0, 0.05) is 18.9 Å². The van der Waals surface area contributed by atoms with Crippen LogP contribution >= 0.6 is 11.9 Å². The van der Waals surface area contributed by atoms with Crippen LogP contribution in [0.25, 0.3) is 0 Å². The van der Waals surface area contributed by atoms with Gasteiger partial charge in [0.05, 0.1) is 17.7 Å². The van der Waals surface area contributed by atoms with Gasteiger partial charge >= 0.3 is 0 Å². The van der Waals surface area contributed by atoms with Crippen molar-refractivity contribution >= 4 is 17.9 Å². The maximum atomic E-state index is 14.6. The summed E-state index contributed by atoms with van der Waals surface area (Å²) in [4.78, 5) is 14.4. The fourth-order valence-corrected chi connectivity index (χ4v) is 4.56. The summed E-state index contributed by atoms with van der Waals surface area (Å²) in [6.07, 6.45) is 5.68. The number of piperidine rings is 1. The number of carbonyl (C=O) groups is 1. The lowest BCUT2D eigenvalue weighted by Crippen LogP contribution is -2.35. The van der Waals surface area contributed by atoms with Gasteiger partial charge in [0.1, 0.15) is 23.5 Å². The molecule has 0 radical (unpaired) electrons. The third-order valence-corrected chi connectivity index (χ3v) is 6.68. The molecule has 1 aliphatic heterocycles. The number of nitriles is 1. The van der Waals surface area contributed by atoms with Crippen molar-refractivity contribution in [3.05, 3.63) is 64.2 Å². The van der Waals surface area contributed by atoms with Crippen molar-refractivity contribution in [3.63, 3.8) is 0 Å². The summed E-state index contributed by atoms with van der Waals surface area (Å²) in [5.41, 5.74) is 1.99. The number of ether oxygens (including phenoxy) is 1. The number of nitrogens with zero attached hydrogens (tertiary/aromatic N) is 2. The van der Waals surface area contributed by atoms with Gasteiger partial charge in [-0.2, -0.15) is 5.26 Å². The lowest BCUT2D eigenvalue weighted by molar-refractivity contribution is 0.0980. The summed E-state index contributed by atoms with van der Waals surface area (Å²) in [5.74, 6) is -0.239. The van der Waals surface area contributed by atoms with E-state index in [0.29, 0.717) is 30.7 Å². The van der Waals surface area contributed by atoms with E-state index in [0.717, 1.165) is 61.8 Å². The molecule has 8 heteroatoms. The first-order valence-electron chi connectivity index (χ1n) is 11.2. The molecule has 174 valence electrons. The Hall–Kier alpha value is -2.63. The van der Waals surface area contributed by atoms with Crippen molar-refractivity contribution in [1.29, 1.82) is 5.26 Å². The van der Waals surface area contributed by atoms with Crippen LogP contribution in [0.4, 0.5) is 8.78 Å². The third kappa shape index (κ3) is 5.84. The zero-order chi connectivity index (χ0) is 23.4. The van der Waals surface area contributed by atoms with Crippen LogP contribution in [-0.4, -0.2) is 36.8 Å². The minimum Gasteiger partial charge on any atom is -0.493 e. The number of hydrogen-bond acceptors (Lipinski definition) is 5. The highest BCUT2D eigenvalue weighted by atomic mass is 32.2. The van der Waals surface area contributed by atoms with Crippen LogP contribution in [-0.2, 0) is 6.54 Å². The van der Waals surface area contributed by atoms with Gasteiger partial charge in [-0.3, -0.25) is 14.4 Å². The van der Waals surface area contributed by atoms with E-state index >= 15 is 0 Å². The van der Waals surface area contributed by atoms with Gasteiger partial charge in [-0.1, -0.05) is 18.0 Å². The molecule has 1 amide bonds. The maximum absolute atomic E-state index is 14.6. The molecule has 1 saturated heterocycles. The summed E-state index contributed by atoms with van der Waals surface area (Å²) in [7, 11) is 0. The summed E-state index contributed by atoms with van der Waals surface area (Å²) in [5, 5.41) is 9.02. The quantitative estimate of drug-likeness (QED) is 0.548. The topological polar surface area (TPSA) is 65.4 Å². The van der Waals surface area contributed by atoms with E-state index in [1.54, 1.807) is 24.5 Å². The van der Waals surface area contributed by atoms with E-state index in [2.05, 4.69) is 9.62 Å². The normalized spacial score (nSPS) is 16.9. The average molecular weight is 472 g/mol. The van der Waals surface area contributed by atoms with Crippen LogP contribution in [0, 0.1) is 28.9 Å². The number of rotatable bonds is 8. The van der Waals surface area contributed by atoms with Gasteiger partial charge < -0.3 is 4.74 Å². The number of nitrogens with one attached hydrogen (secondary N) is 1. The minimum absolute atomic E-state index is 0.0623. The zero-order valence-electron chi connectivity index (χ0n) is 18.6. The zero-order valence-corrected chi connectivity index (χ0v) is 19.4. The standard InChI is InChI=1S/C25H27F2N3O2S/c1-33-29-25(31)21-11-20(18-3-4-18)24(12-23(21)27)32-15-16-6-8-30(9-7-16)14-17-2-5-22(26)19(10-17)13-28/h2,5,10-12,16,18H,3-4,6-9,14-15H2,1H3,(H,29,31). The van der Waals surface area contributed by atoms with Gasteiger partial charge in [-0.25, -0.2) is 8.78 Å². The van der Waals surface area contributed by atoms with Crippen LogP contribution in [0.1, 0.15) is 58.6 Å². The lowest BCUT2D eigenvalue weighted by atomic mass is 9.97. The van der Waals surface area contributed by atoms with Crippen LogP contribution in [0.15, 0.2) is 30.3 Å². The fourth-order valence-electron chi connectivity index (χ4n) is 4.27. The van der Waals surface area contributed by atoms with Gasteiger partial charge in [-0.05, 0) is 79.9 Å². The molecule has 2 aromatic rings. The molecule has 1 heterocycles. The molecule has 1 N–H and O–H groups in total. The molecule has 1 aliphatic carbocycles. The van der Waals surface area contributed by atoms with Crippen LogP contribution < -0.4 is 9.46 Å². The molecule has 2 aromatic carbocycles. The van der Waals surface area contributed by atoms with Crippen molar-refractivity contribution in [2.75, 3.05) is 26.0 Å². The average Bonchev–Trinajstić information content (AvgIpc) is 3.65.